The Bertz CT molecular complexity index is 1080. The van der Waals surface area contributed by atoms with Crippen LogP contribution in [0.5, 0.6) is 0 Å². The number of hydrogen-bond donors (Lipinski definition) is 3. The number of hydrogen-bond acceptors (Lipinski definition) is 4. The molecule has 1 saturated carbocycles. The number of nitrogens with zero attached hydrogens (tertiary/aromatic N) is 2. The SMILES string of the molecule is NC(=O)Nc1cn(-c2cccc(-c3ccc(C(=O)NC4CC4)cc3)c2)nc1C=O. The van der Waals surface area contributed by atoms with Crippen LogP contribution in [0.25, 0.3) is 16.8 Å². The molecule has 0 radical (unpaired) electrons. The molecule has 29 heavy (non-hydrogen) atoms. The molecule has 146 valence electrons. The second kappa shape index (κ2) is 7.59. The molecule has 0 saturated heterocycles. The number of primary amides is 1. The quantitative estimate of drug-likeness (QED) is 0.562. The minimum atomic E-state index is -0.771. The Labute approximate surface area is 166 Å². The van der Waals surface area contributed by atoms with E-state index in [1.807, 2.05) is 36.4 Å². The van der Waals surface area contributed by atoms with Gasteiger partial charge in [0.05, 0.1) is 17.6 Å². The maximum absolute atomic E-state index is 12.1. The van der Waals surface area contributed by atoms with Crippen molar-refractivity contribution in [2.75, 3.05) is 5.32 Å². The summed E-state index contributed by atoms with van der Waals surface area (Å²) < 4.78 is 1.50. The molecular weight excluding hydrogens is 370 g/mol. The largest absolute Gasteiger partial charge is 0.351 e. The lowest BCUT2D eigenvalue weighted by atomic mass is 10.0. The topological polar surface area (TPSA) is 119 Å². The van der Waals surface area contributed by atoms with E-state index in [2.05, 4.69) is 15.7 Å². The van der Waals surface area contributed by atoms with Crippen molar-refractivity contribution in [2.45, 2.75) is 18.9 Å². The molecule has 0 aliphatic heterocycles. The number of nitrogens with two attached hydrogens (primary N) is 1. The van der Waals surface area contributed by atoms with Crippen molar-refractivity contribution < 1.29 is 14.4 Å². The van der Waals surface area contributed by atoms with E-state index in [0.29, 0.717) is 23.6 Å². The monoisotopic (exact) mass is 389 g/mol. The third-order valence-corrected chi connectivity index (χ3v) is 4.62. The lowest BCUT2D eigenvalue weighted by Gasteiger charge is -2.07. The van der Waals surface area contributed by atoms with Crippen LogP contribution < -0.4 is 16.4 Å². The Kier molecular flexibility index (Phi) is 4.82. The summed E-state index contributed by atoms with van der Waals surface area (Å²) >= 11 is 0. The summed E-state index contributed by atoms with van der Waals surface area (Å²) in [7, 11) is 0. The highest BCUT2D eigenvalue weighted by molar-refractivity contribution is 5.95. The molecule has 1 aliphatic rings. The van der Waals surface area contributed by atoms with E-state index in [1.54, 1.807) is 12.1 Å². The molecule has 3 aromatic rings. The van der Waals surface area contributed by atoms with Crippen molar-refractivity contribution in [1.29, 1.82) is 0 Å². The van der Waals surface area contributed by atoms with E-state index >= 15 is 0 Å². The van der Waals surface area contributed by atoms with Crippen LogP contribution in [-0.2, 0) is 0 Å². The Hall–Kier alpha value is -3.94. The number of urea groups is 1. The highest BCUT2D eigenvalue weighted by atomic mass is 16.2. The van der Waals surface area contributed by atoms with Gasteiger partial charge in [0.15, 0.2) is 6.29 Å². The zero-order valence-corrected chi connectivity index (χ0v) is 15.5. The molecule has 2 aromatic carbocycles. The van der Waals surface area contributed by atoms with E-state index in [4.69, 9.17) is 5.73 Å². The van der Waals surface area contributed by atoms with Gasteiger partial charge in [-0.3, -0.25) is 9.59 Å². The van der Waals surface area contributed by atoms with E-state index < -0.39 is 6.03 Å². The van der Waals surface area contributed by atoms with Gasteiger partial charge < -0.3 is 16.4 Å². The van der Waals surface area contributed by atoms with Gasteiger partial charge in [-0.1, -0.05) is 24.3 Å². The fourth-order valence-corrected chi connectivity index (χ4v) is 2.97. The summed E-state index contributed by atoms with van der Waals surface area (Å²) in [6.45, 7) is 0. The molecule has 0 spiro atoms. The van der Waals surface area contributed by atoms with Gasteiger partial charge >= 0.3 is 6.03 Å². The molecule has 8 nitrogen and oxygen atoms in total. The number of anilines is 1. The summed E-state index contributed by atoms with van der Waals surface area (Å²) in [5.74, 6) is -0.0554. The molecule has 1 fully saturated rings. The molecular formula is C21H19N5O3. The Morgan fingerprint density at radius 1 is 1.10 bits per heavy atom. The van der Waals surface area contributed by atoms with Crippen LogP contribution in [0.2, 0.25) is 0 Å². The average Bonchev–Trinajstić information content (AvgIpc) is 3.45. The third kappa shape index (κ3) is 4.16. The fraction of sp³-hybridized carbons (Fsp3) is 0.143. The van der Waals surface area contributed by atoms with Crippen LogP contribution in [0.4, 0.5) is 10.5 Å². The summed E-state index contributed by atoms with van der Waals surface area (Å²) in [6.07, 6.45) is 4.18. The molecule has 0 bridgehead atoms. The zero-order chi connectivity index (χ0) is 20.4. The van der Waals surface area contributed by atoms with Crippen LogP contribution in [-0.4, -0.2) is 34.0 Å². The number of aldehydes is 1. The highest BCUT2D eigenvalue weighted by Crippen LogP contribution is 2.24. The van der Waals surface area contributed by atoms with Crippen LogP contribution in [0.15, 0.2) is 54.7 Å². The van der Waals surface area contributed by atoms with E-state index in [-0.39, 0.29) is 17.3 Å². The minimum Gasteiger partial charge on any atom is -0.351 e. The second-order valence-electron chi connectivity index (χ2n) is 6.86. The van der Waals surface area contributed by atoms with E-state index in [1.165, 1.54) is 10.9 Å². The predicted molar refractivity (Wildman–Crippen MR) is 108 cm³/mol. The molecule has 0 atom stereocenters. The van der Waals surface area contributed by atoms with Crippen molar-refractivity contribution >= 4 is 23.9 Å². The number of nitrogens with one attached hydrogen (secondary N) is 2. The maximum Gasteiger partial charge on any atom is 0.316 e. The van der Waals surface area contributed by atoms with Crippen molar-refractivity contribution in [1.82, 2.24) is 15.1 Å². The Morgan fingerprint density at radius 2 is 1.86 bits per heavy atom. The number of rotatable bonds is 6. The summed E-state index contributed by atoms with van der Waals surface area (Å²) in [5.41, 5.74) is 8.64. The molecule has 1 heterocycles. The van der Waals surface area contributed by atoms with Crippen molar-refractivity contribution in [3.8, 4) is 16.8 Å². The molecule has 4 N–H and O–H groups in total. The number of carbonyl (C=O) groups excluding carboxylic acids is 3. The summed E-state index contributed by atoms with van der Waals surface area (Å²) in [5, 5.41) is 9.53. The van der Waals surface area contributed by atoms with Crippen molar-refractivity contribution in [3.63, 3.8) is 0 Å². The number of aromatic nitrogens is 2. The van der Waals surface area contributed by atoms with Gasteiger partial charge in [-0.05, 0) is 48.2 Å². The number of carbonyl (C=O) groups is 3. The van der Waals surface area contributed by atoms with Crippen molar-refractivity contribution in [2.24, 2.45) is 5.73 Å². The molecule has 1 aliphatic carbocycles. The van der Waals surface area contributed by atoms with Gasteiger partial charge in [0.2, 0.25) is 0 Å². The molecule has 3 amide bonds. The van der Waals surface area contributed by atoms with Gasteiger partial charge in [-0.25, -0.2) is 9.48 Å². The second-order valence-corrected chi connectivity index (χ2v) is 6.86. The predicted octanol–water partition coefficient (Wildman–Crippen LogP) is 2.73. The van der Waals surface area contributed by atoms with E-state index in [9.17, 15) is 14.4 Å². The lowest BCUT2D eigenvalue weighted by Crippen LogP contribution is -2.25. The van der Waals surface area contributed by atoms with Crippen LogP contribution in [0, 0.1) is 0 Å². The smallest absolute Gasteiger partial charge is 0.316 e. The van der Waals surface area contributed by atoms with Crippen LogP contribution >= 0.6 is 0 Å². The highest BCUT2D eigenvalue weighted by Gasteiger charge is 2.23. The van der Waals surface area contributed by atoms with Crippen LogP contribution in [0.3, 0.4) is 0 Å². The molecule has 1 aromatic heterocycles. The fourth-order valence-electron chi connectivity index (χ4n) is 2.97. The summed E-state index contributed by atoms with van der Waals surface area (Å²) in [6, 6.07) is 14.5. The molecule has 4 rings (SSSR count). The Balaban J connectivity index is 1.58. The number of benzene rings is 2. The first-order valence-corrected chi connectivity index (χ1v) is 9.16. The van der Waals surface area contributed by atoms with Gasteiger partial charge in [0.1, 0.15) is 5.69 Å². The maximum atomic E-state index is 12.1. The first kappa shape index (κ1) is 18.4. The van der Waals surface area contributed by atoms with E-state index in [0.717, 1.165) is 24.0 Å². The minimum absolute atomic E-state index is 0.0554. The van der Waals surface area contributed by atoms with Crippen molar-refractivity contribution in [3.05, 3.63) is 66.0 Å². The van der Waals surface area contributed by atoms with Gasteiger partial charge in [-0.2, -0.15) is 5.10 Å². The zero-order valence-electron chi connectivity index (χ0n) is 15.5. The van der Waals surface area contributed by atoms with Gasteiger partial charge in [0.25, 0.3) is 5.91 Å². The number of amides is 3. The standard InChI is InChI=1S/C21H19N5O3/c22-21(29)24-18-11-26(25-19(18)12-27)17-3-1-2-15(10-17)13-4-6-14(7-5-13)20(28)23-16-8-9-16/h1-7,10-12,16H,8-9H2,(H,23,28)(H3,22,24,29). The normalized spacial score (nSPS) is 13.0. The van der Waals surface area contributed by atoms with Crippen LogP contribution in [0.1, 0.15) is 33.7 Å². The first-order chi connectivity index (χ1) is 14.0. The lowest BCUT2D eigenvalue weighted by molar-refractivity contribution is 0.0950. The summed E-state index contributed by atoms with van der Waals surface area (Å²) in [4.78, 5) is 34.4. The Morgan fingerprint density at radius 3 is 2.52 bits per heavy atom. The van der Waals surface area contributed by atoms with Gasteiger partial charge in [-0.15, -0.1) is 0 Å². The third-order valence-electron chi connectivity index (χ3n) is 4.62. The molecule has 0 unspecified atom stereocenters. The first-order valence-electron chi connectivity index (χ1n) is 9.16. The van der Waals surface area contributed by atoms with Gasteiger partial charge in [0, 0.05) is 11.6 Å². The molecule has 8 heteroatoms. The average molecular weight is 389 g/mol.